The highest BCUT2D eigenvalue weighted by Gasteiger charge is 2.15. The highest BCUT2D eigenvalue weighted by Crippen LogP contribution is 2.23. The molecule has 2 aromatic rings. The molecule has 0 atom stereocenters. The fourth-order valence-electron chi connectivity index (χ4n) is 2.50. The maximum Gasteiger partial charge on any atom is 0.173 e. The van der Waals surface area contributed by atoms with Crippen LogP contribution in [0.1, 0.15) is 12.0 Å². The smallest absolute Gasteiger partial charge is 0.173 e. The van der Waals surface area contributed by atoms with Crippen molar-refractivity contribution in [2.24, 2.45) is 0 Å². The number of anilines is 1. The SMILES string of the molecule is Fc1ccc(C2=CCN(C(=S)Nc3ccccc3)CC2)cc1. The normalized spacial score (nSPS) is 14.4. The first kappa shape index (κ1) is 14.7. The highest BCUT2D eigenvalue weighted by atomic mass is 32.1. The number of hydrogen-bond acceptors (Lipinski definition) is 1. The molecule has 0 saturated heterocycles. The maximum absolute atomic E-state index is 13.0. The van der Waals surface area contributed by atoms with Gasteiger partial charge in [0.25, 0.3) is 0 Å². The topological polar surface area (TPSA) is 15.3 Å². The van der Waals surface area contributed by atoms with Crippen molar-refractivity contribution in [3.05, 3.63) is 72.1 Å². The Hall–Kier alpha value is -2.20. The minimum atomic E-state index is -0.199. The van der Waals surface area contributed by atoms with Gasteiger partial charge in [-0.05, 0) is 54.0 Å². The number of thiocarbonyl (C=S) groups is 1. The number of rotatable bonds is 2. The lowest BCUT2D eigenvalue weighted by Crippen LogP contribution is -2.37. The van der Waals surface area contributed by atoms with Gasteiger partial charge in [-0.2, -0.15) is 0 Å². The van der Waals surface area contributed by atoms with E-state index in [2.05, 4.69) is 16.3 Å². The molecule has 0 amide bonds. The van der Waals surface area contributed by atoms with Crippen molar-refractivity contribution in [3.8, 4) is 0 Å². The van der Waals surface area contributed by atoms with Crippen LogP contribution in [0, 0.1) is 5.82 Å². The van der Waals surface area contributed by atoms with Crippen LogP contribution in [0.25, 0.3) is 5.57 Å². The molecule has 2 aromatic carbocycles. The Morgan fingerprint density at radius 2 is 1.77 bits per heavy atom. The van der Waals surface area contributed by atoms with Crippen molar-refractivity contribution in [3.63, 3.8) is 0 Å². The van der Waals surface area contributed by atoms with Crippen molar-refractivity contribution < 1.29 is 4.39 Å². The van der Waals surface area contributed by atoms with Gasteiger partial charge >= 0.3 is 0 Å². The summed E-state index contributed by atoms with van der Waals surface area (Å²) < 4.78 is 13.0. The van der Waals surface area contributed by atoms with E-state index in [1.807, 2.05) is 42.5 Å². The molecule has 0 saturated carbocycles. The quantitative estimate of drug-likeness (QED) is 0.832. The molecule has 0 spiro atoms. The van der Waals surface area contributed by atoms with Crippen LogP contribution in [-0.4, -0.2) is 23.1 Å². The third-order valence-electron chi connectivity index (χ3n) is 3.74. The lowest BCUT2D eigenvalue weighted by atomic mass is 10.00. The van der Waals surface area contributed by atoms with Gasteiger partial charge in [0.05, 0.1) is 0 Å². The van der Waals surface area contributed by atoms with Gasteiger partial charge in [-0.15, -0.1) is 0 Å². The summed E-state index contributed by atoms with van der Waals surface area (Å²) >= 11 is 5.46. The molecular formula is C18H17FN2S. The van der Waals surface area contributed by atoms with Crippen LogP contribution in [0.15, 0.2) is 60.7 Å². The number of para-hydroxylation sites is 1. The third-order valence-corrected chi connectivity index (χ3v) is 4.10. The zero-order chi connectivity index (χ0) is 15.4. The summed E-state index contributed by atoms with van der Waals surface area (Å²) in [5.74, 6) is -0.199. The molecule has 0 bridgehead atoms. The molecule has 1 heterocycles. The predicted molar refractivity (Wildman–Crippen MR) is 93.2 cm³/mol. The number of halogens is 1. The van der Waals surface area contributed by atoms with Crippen molar-refractivity contribution in [2.75, 3.05) is 18.4 Å². The number of nitrogens with zero attached hydrogens (tertiary/aromatic N) is 1. The molecule has 0 unspecified atom stereocenters. The standard InChI is InChI=1S/C18H17FN2S/c19-16-8-6-14(7-9-16)15-10-12-21(13-11-15)18(22)20-17-4-2-1-3-5-17/h1-10H,11-13H2,(H,20,22). The zero-order valence-corrected chi connectivity index (χ0v) is 12.9. The van der Waals surface area contributed by atoms with Crippen molar-refractivity contribution in [1.29, 1.82) is 0 Å². The number of nitrogens with one attached hydrogen (secondary N) is 1. The van der Waals surface area contributed by atoms with E-state index in [0.29, 0.717) is 0 Å². The Labute approximate surface area is 135 Å². The number of benzene rings is 2. The van der Waals surface area contributed by atoms with E-state index in [1.54, 1.807) is 0 Å². The molecule has 3 rings (SSSR count). The average Bonchev–Trinajstić information content (AvgIpc) is 2.57. The Balaban J connectivity index is 1.63. The number of hydrogen-bond donors (Lipinski definition) is 1. The van der Waals surface area contributed by atoms with Gasteiger partial charge in [0.15, 0.2) is 5.11 Å². The van der Waals surface area contributed by atoms with Crippen LogP contribution in [-0.2, 0) is 0 Å². The molecule has 1 aliphatic heterocycles. The van der Waals surface area contributed by atoms with Crippen LogP contribution in [0.5, 0.6) is 0 Å². The predicted octanol–water partition coefficient (Wildman–Crippen LogP) is 4.31. The largest absolute Gasteiger partial charge is 0.345 e. The Kier molecular flexibility index (Phi) is 4.49. The van der Waals surface area contributed by atoms with Crippen molar-refractivity contribution in [1.82, 2.24) is 4.90 Å². The third kappa shape index (κ3) is 3.52. The molecule has 0 radical (unpaired) electrons. The molecule has 1 aliphatic rings. The van der Waals surface area contributed by atoms with Crippen LogP contribution < -0.4 is 5.32 Å². The van der Waals surface area contributed by atoms with Crippen LogP contribution in [0.2, 0.25) is 0 Å². The summed E-state index contributed by atoms with van der Waals surface area (Å²) in [6, 6.07) is 16.6. The van der Waals surface area contributed by atoms with Gasteiger partial charge in [0, 0.05) is 18.8 Å². The van der Waals surface area contributed by atoms with Gasteiger partial charge in [0.1, 0.15) is 5.82 Å². The lowest BCUT2D eigenvalue weighted by Gasteiger charge is -2.29. The lowest BCUT2D eigenvalue weighted by molar-refractivity contribution is 0.466. The summed E-state index contributed by atoms with van der Waals surface area (Å²) in [7, 11) is 0. The summed E-state index contributed by atoms with van der Waals surface area (Å²) in [5.41, 5.74) is 3.34. The molecule has 0 fully saturated rings. The second-order valence-corrected chi connectivity index (χ2v) is 5.62. The molecule has 112 valence electrons. The Morgan fingerprint density at radius 1 is 1.05 bits per heavy atom. The van der Waals surface area contributed by atoms with Crippen LogP contribution in [0.4, 0.5) is 10.1 Å². The van der Waals surface area contributed by atoms with Crippen LogP contribution >= 0.6 is 12.2 Å². The average molecular weight is 312 g/mol. The van der Waals surface area contributed by atoms with E-state index in [4.69, 9.17) is 12.2 Å². The van der Waals surface area contributed by atoms with Gasteiger partial charge < -0.3 is 10.2 Å². The minimum absolute atomic E-state index is 0.199. The maximum atomic E-state index is 13.0. The fourth-order valence-corrected chi connectivity index (χ4v) is 2.79. The van der Waals surface area contributed by atoms with Gasteiger partial charge in [-0.3, -0.25) is 0 Å². The first-order valence-corrected chi connectivity index (χ1v) is 7.69. The van der Waals surface area contributed by atoms with Crippen LogP contribution in [0.3, 0.4) is 0 Å². The van der Waals surface area contributed by atoms with Crippen molar-refractivity contribution >= 4 is 28.6 Å². The Morgan fingerprint density at radius 3 is 2.41 bits per heavy atom. The van der Waals surface area contributed by atoms with Crippen molar-refractivity contribution in [2.45, 2.75) is 6.42 Å². The first-order chi connectivity index (χ1) is 10.7. The molecular weight excluding hydrogens is 295 g/mol. The summed E-state index contributed by atoms with van der Waals surface area (Å²) in [5, 5.41) is 3.99. The molecule has 1 N–H and O–H groups in total. The molecule has 4 heteroatoms. The summed E-state index contributed by atoms with van der Waals surface area (Å²) in [6.07, 6.45) is 3.07. The first-order valence-electron chi connectivity index (χ1n) is 7.28. The Bertz CT molecular complexity index is 680. The van der Waals surface area contributed by atoms with E-state index >= 15 is 0 Å². The van der Waals surface area contributed by atoms with E-state index in [-0.39, 0.29) is 5.82 Å². The molecule has 0 aliphatic carbocycles. The zero-order valence-electron chi connectivity index (χ0n) is 12.1. The van der Waals surface area contributed by atoms with E-state index < -0.39 is 0 Å². The van der Waals surface area contributed by atoms with Gasteiger partial charge in [-0.1, -0.05) is 36.4 Å². The van der Waals surface area contributed by atoms with E-state index in [1.165, 1.54) is 17.7 Å². The highest BCUT2D eigenvalue weighted by molar-refractivity contribution is 7.80. The van der Waals surface area contributed by atoms with Gasteiger partial charge in [-0.25, -0.2) is 4.39 Å². The molecule has 0 aromatic heterocycles. The second kappa shape index (κ2) is 6.71. The summed E-state index contributed by atoms with van der Waals surface area (Å²) in [6.45, 7) is 1.63. The summed E-state index contributed by atoms with van der Waals surface area (Å²) in [4.78, 5) is 2.13. The second-order valence-electron chi connectivity index (χ2n) is 5.23. The van der Waals surface area contributed by atoms with E-state index in [0.717, 1.165) is 35.9 Å². The minimum Gasteiger partial charge on any atom is -0.345 e. The molecule has 22 heavy (non-hydrogen) atoms. The van der Waals surface area contributed by atoms with E-state index in [9.17, 15) is 4.39 Å². The monoisotopic (exact) mass is 312 g/mol. The molecule has 2 nitrogen and oxygen atoms in total. The van der Waals surface area contributed by atoms with Gasteiger partial charge in [0.2, 0.25) is 0 Å². The fraction of sp³-hybridized carbons (Fsp3) is 0.167.